The Kier molecular flexibility index (Phi) is 11.0. The Bertz CT molecular complexity index is 1470. The minimum absolute atomic E-state index is 0.000672. The van der Waals surface area contributed by atoms with Crippen molar-refractivity contribution < 1.29 is 22.7 Å². The molecule has 3 heterocycles. The van der Waals surface area contributed by atoms with Gasteiger partial charge >= 0.3 is 0 Å². The highest BCUT2D eigenvalue weighted by atomic mass is 32.2. The van der Waals surface area contributed by atoms with Crippen molar-refractivity contribution in [3.8, 4) is 5.75 Å². The van der Waals surface area contributed by atoms with Crippen molar-refractivity contribution in [2.45, 2.75) is 63.7 Å². The molecule has 1 aromatic carbocycles. The Hall–Kier alpha value is -3.43. The van der Waals surface area contributed by atoms with E-state index in [0.717, 1.165) is 5.56 Å². The number of aryl methyl sites for hydroxylation is 3. The molecule has 0 aliphatic carbocycles. The lowest BCUT2D eigenvalue weighted by Crippen LogP contribution is -2.47. The lowest BCUT2D eigenvalue weighted by Gasteiger charge is -2.22. The molecule has 13 nitrogen and oxygen atoms in total. The van der Waals surface area contributed by atoms with Gasteiger partial charge in [0.2, 0.25) is 5.91 Å². The fourth-order valence-electron chi connectivity index (χ4n) is 4.46. The molecule has 2 aromatic heterocycles. The van der Waals surface area contributed by atoms with Gasteiger partial charge < -0.3 is 20.4 Å². The maximum Gasteiger partial charge on any atom is 0.260 e. The first-order valence-corrected chi connectivity index (χ1v) is 16.8. The number of hydrogen-bond acceptors (Lipinski definition) is 9. The van der Waals surface area contributed by atoms with E-state index in [0.29, 0.717) is 67.4 Å². The van der Waals surface area contributed by atoms with E-state index in [1.165, 1.54) is 10.5 Å². The number of aromatic nitrogens is 5. The summed E-state index contributed by atoms with van der Waals surface area (Å²) in [4.78, 5) is 33.4. The lowest BCUT2D eigenvalue weighted by atomic mass is 10.1. The molecule has 3 aromatic rings. The number of nitrogens with one attached hydrogen (secondary N) is 3. The Morgan fingerprint density at radius 1 is 1.19 bits per heavy atom. The molecule has 42 heavy (non-hydrogen) atoms. The van der Waals surface area contributed by atoms with Gasteiger partial charge in [-0.2, -0.15) is 16.1 Å². The molecule has 0 saturated carbocycles. The predicted molar refractivity (Wildman–Crippen MR) is 159 cm³/mol. The summed E-state index contributed by atoms with van der Waals surface area (Å²) in [6, 6.07) is 4.58. The number of sulfonamides is 1. The van der Waals surface area contributed by atoms with E-state index in [9.17, 15) is 18.0 Å². The molecule has 4 rings (SSSR count). The average Bonchev–Trinajstić information content (AvgIpc) is 3.65. The summed E-state index contributed by atoms with van der Waals surface area (Å²) in [6.45, 7) is 4.95. The van der Waals surface area contributed by atoms with Crippen molar-refractivity contribution in [1.82, 2.24) is 39.9 Å². The normalized spacial score (nSPS) is 18.1. The Morgan fingerprint density at radius 2 is 2.02 bits per heavy atom. The number of carbonyl (C=O) groups excluding carboxylic acids is 2. The second-order valence-electron chi connectivity index (χ2n) is 9.99. The van der Waals surface area contributed by atoms with Crippen molar-refractivity contribution in [2.24, 2.45) is 0 Å². The van der Waals surface area contributed by atoms with Crippen LogP contribution in [0.4, 0.5) is 0 Å². The molecule has 0 saturated heterocycles. The number of nitrogens with zero attached hydrogens (tertiary/aromatic N) is 5. The first kappa shape index (κ1) is 31.5. The molecule has 0 unspecified atom stereocenters. The van der Waals surface area contributed by atoms with Crippen LogP contribution in [0.1, 0.15) is 53.6 Å². The van der Waals surface area contributed by atoms with Gasteiger partial charge in [-0.3, -0.25) is 14.3 Å². The third-order valence-electron chi connectivity index (χ3n) is 6.85. The second-order valence-corrected chi connectivity index (χ2v) is 12.9. The highest BCUT2D eigenvalue weighted by Crippen LogP contribution is 2.19. The number of amides is 2. The van der Waals surface area contributed by atoms with Crippen LogP contribution in [0.5, 0.6) is 5.75 Å². The van der Waals surface area contributed by atoms with Crippen molar-refractivity contribution in [1.29, 1.82) is 0 Å². The minimum atomic E-state index is -3.93. The first-order chi connectivity index (χ1) is 20.2. The standard InChI is InChI=1S/C27H38N8O5S2/c1-4-24-29-16-25(31-24)42(38,39)35-12-5-10-28-27(37)23(9-14-41-3)30-26(36)22-15-21(8-7-19(22)2)40-13-6-11-34-17-20(18-35)32-33-34/h7-8,15-17,23H,4-6,9-14,18H2,1-3H3,(H,28,37)(H,29,31)(H,30,36)/t23-/m0/s1. The van der Waals surface area contributed by atoms with E-state index in [2.05, 4.69) is 30.9 Å². The average molecular weight is 619 g/mol. The molecule has 0 radical (unpaired) electrons. The van der Waals surface area contributed by atoms with Crippen LogP contribution in [0.2, 0.25) is 0 Å². The van der Waals surface area contributed by atoms with Crippen LogP contribution >= 0.6 is 11.8 Å². The molecule has 228 valence electrons. The van der Waals surface area contributed by atoms with Crippen LogP contribution < -0.4 is 15.4 Å². The molecule has 1 aliphatic rings. The maximum absolute atomic E-state index is 13.6. The fourth-order valence-corrected chi connectivity index (χ4v) is 6.32. The molecule has 3 N–H and O–H groups in total. The van der Waals surface area contributed by atoms with Crippen LogP contribution in [0.25, 0.3) is 0 Å². The van der Waals surface area contributed by atoms with Gasteiger partial charge in [0.15, 0.2) is 5.03 Å². The van der Waals surface area contributed by atoms with Crippen molar-refractivity contribution in [3.05, 3.63) is 53.2 Å². The number of thioether (sulfide) groups is 1. The van der Waals surface area contributed by atoms with Gasteiger partial charge in [-0.05, 0) is 49.5 Å². The van der Waals surface area contributed by atoms with Crippen molar-refractivity contribution in [3.63, 3.8) is 0 Å². The zero-order valence-corrected chi connectivity index (χ0v) is 25.8. The zero-order valence-electron chi connectivity index (χ0n) is 24.1. The fraction of sp³-hybridized carbons (Fsp3) is 0.519. The van der Waals surface area contributed by atoms with Gasteiger partial charge in [0.05, 0.1) is 25.0 Å². The molecule has 15 heteroatoms. The zero-order chi connectivity index (χ0) is 30.1. The van der Waals surface area contributed by atoms with Crippen LogP contribution in [0.15, 0.2) is 35.6 Å². The van der Waals surface area contributed by atoms with E-state index >= 15 is 0 Å². The number of rotatable bonds is 6. The van der Waals surface area contributed by atoms with Crippen LogP contribution in [-0.2, 0) is 34.3 Å². The summed E-state index contributed by atoms with van der Waals surface area (Å²) in [5, 5.41) is 14.1. The van der Waals surface area contributed by atoms with Gasteiger partial charge in [-0.25, -0.2) is 13.4 Å². The Morgan fingerprint density at radius 3 is 2.79 bits per heavy atom. The number of aromatic amines is 1. The topological polar surface area (TPSA) is 164 Å². The minimum Gasteiger partial charge on any atom is -0.494 e. The number of hydrogen-bond donors (Lipinski definition) is 3. The predicted octanol–water partition coefficient (Wildman–Crippen LogP) is 1.90. The highest BCUT2D eigenvalue weighted by Gasteiger charge is 2.28. The van der Waals surface area contributed by atoms with Crippen molar-refractivity contribution in [2.75, 3.05) is 31.7 Å². The van der Waals surface area contributed by atoms with E-state index in [4.69, 9.17) is 4.74 Å². The Labute approximate surface area is 250 Å². The molecule has 0 spiro atoms. The molecule has 1 atom stereocenters. The molecule has 1 aliphatic heterocycles. The number of H-pyrrole nitrogens is 1. The number of benzene rings is 1. The van der Waals surface area contributed by atoms with Crippen LogP contribution in [0, 0.1) is 6.92 Å². The highest BCUT2D eigenvalue weighted by molar-refractivity contribution is 7.98. The SMILES string of the molecule is CCc1ncc(S(=O)(=O)N2CCCNC(=O)[C@H](CCSC)NC(=O)c3cc(ccc3C)OCCCn3cc(nn3)C2)[nH]1. The Balaban J connectivity index is 1.57. The summed E-state index contributed by atoms with van der Waals surface area (Å²) < 4.78 is 36.0. The smallest absolute Gasteiger partial charge is 0.260 e. The largest absolute Gasteiger partial charge is 0.494 e. The summed E-state index contributed by atoms with van der Waals surface area (Å²) in [6.07, 6.45) is 6.95. The van der Waals surface area contributed by atoms with Gasteiger partial charge in [-0.15, -0.1) is 5.10 Å². The van der Waals surface area contributed by atoms with E-state index in [1.54, 1.807) is 28.7 Å². The summed E-state index contributed by atoms with van der Waals surface area (Å²) in [5.74, 6) is 1.12. The number of ether oxygens (including phenoxy) is 1. The van der Waals surface area contributed by atoms with Crippen LogP contribution in [-0.4, -0.2) is 87.2 Å². The van der Waals surface area contributed by atoms with Gasteiger partial charge in [0.1, 0.15) is 17.6 Å². The van der Waals surface area contributed by atoms with Gasteiger partial charge in [0.25, 0.3) is 15.9 Å². The molecular weight excluding hydrogens is 580 g/mol. The van der Waals surface area contributed by atoms with Gasteiger partial charge in [0, 0.05) is 44.2 Å². The monoisotopic (exact) mass is 618 g/mol. The molecule has 4 bridgehead atoms. The molecular formula is C27H38N8O5S2. The quantitative estimate of drug-likeness (QED) is 0.374. The number of fused-ring (bicyclic) bond motifs is 4. The molecule has 0 fully saturated rings. The van der Waals surface area contributed by atoms with E-state index in [1.807, 2.05) is 32.2 Å². The number of imidazole rings is 1. The summed E-state index contributed by atoms with van der Waals surface area (Å²) in [7, 11) is -3.93. The summed E-state index contributed by atoms with van der Waals surface area (Å²) >= 11 is 1.58. The molecule has 2 amide bonds. The third kappa shape index (κ3) is 8.10. The lowest BCUT2D eigenvalue weighted by molar-refractivity contribution is -0.123. The number of carbonyl (C=O) groups is 2. The van der Waals surface area contributed by atoms with Crippen LogP contribution in [0.3, 0.4) is 0 Å². The van der Waals surface area contributed by atoms with Gasteiger partial charge in [-0.1, -0.05) is 18.2 Å². The van der Waals surface area contributed by atoms with E-state index < -0.39 is 16.1 Å². The first-order valence-electron chi connectivity index (χ1n) is 13.9. The second kappa shape index (κ2) is 14.6. The third-order valence-corrected chi connectivity index (χ3v) is 9.25. The van der Waals surface area contributed by atoms with Crippen molar-refractivity contribution >= 4 is 33.6 Å². The maximum atomic E-state index is 13.6. The summed E-state index contributed by atoms with van der Waals surface area (Å²) in [5.41, 5.74) is 1.71. The van der Waals surface area contributed by atoms with E-state index in [-0.39, 0.29) is 36.5 Å².